The summed E-state index contributed by atoms with van der Waals surface area (Å²) in [6.45, 7) is 6.60. The maximum atomic E-state index is 12.5. The molecule has 0 aliphatic heterocycles. The second kappa shape index (κ2) is 7.12. The lowest BCUT2D eigenvalue weighted by atomic mass is 9.77. The number of nitrogens with zero attached hydrogens (tertiary/aromatic N) is 3. The van der Waals surface area contributed by atoms with Crippen LogP contribution in [-0.4, -0.2) is 20.9 Å². The number of amides is 1. The van der Waals surface area contributed by atoms with Gasteiger partial charge in [-0.25, -0.2) is 4.98 Å². The first-order valence-electron chi connectivity index (χ1n) is 8.87. The summed E-state index contributed by atoms with van der Waals surface area (Å²) in [5, 5.41) is 11.8. The first kappa shape index (κ1) is 17.9. The number of aryl methyl sites for hydroxylation is 1. The Kier molecular flexibility index (Phi) is 4.90. The molecule has 6 nitrogen and oxygen atoms in total. The first-order chi connectivity index (χ1) is 12.4. The number of hydrogen-bond acceptors (Lipinski definition) is 4. The van der Waals surface area contributed by atoms with E-state index in [1.807, 2.05) is 18.2 Å². The van der Waals surface area contributed by atoms with E-state index >= 15 is 0 Å². The van der Waals surface area contributed by atoms with Crippen molar-refractivity contribution < 1.29 is 4.79 Å². The highest BCUT2D eigenvalue weighted by atomic mass is 16.2. The van der Waals surface area contributed by atoms with Crippen LogP contribution in [0.3, 0.4) is 0 Å². The minimum atomic E-state index is -0.379. The lowest BCUT2D eigenvalue weighted by Crippen LogP contribution is -2.18. The van der Waals surface area contributed by atoms with Gasteiger partial charge in [-0.3, -0.25) is 9.78 Å². The predicted octanol–water partition coefficient (Wildman–Crippen LogP) is 4.08. The Hall–Kier alpha value is -2.94. The third-order valence-corrected chi connectivity index (χ3v) is 4.75. The van der Waals surface area contributed by atoms with Gasteiger partial charge in [-0.1, -0.05) is 26.8 Å². The molecule has 3 rings (SSSR count). The Bertz CT molecular complexity index is 901. The zero-order chi connectivity index (χ0) is 18.7. The molecule has 0 saturated heterocycles. The normalized spacial score (nSPS) is 15.8. The fraction of sp³-hybridized carbons (Fsp3) is 0.400. The van der Waals surface area contributed by atoms with Crippen LogP contribution in [0.2, 0.25) is 0 Å². The van der Waals surface area contributed by atoms with Crippen LogP contribution >= 0.6 is 0 Å². The quantitative estimate of drug-likeness (QED) is 0.869. The number of rotatable bonds is 4. The number of aromatic nitrogens is 3. The van der Waals surface area contributed by atoms with E-state index < -0.39 is 0 Å². The topological polar surface area (TPSA) is 94.5 Å². The van der Waals surface area contributed by atoms with Crippen molar-refractivity contribution in [2.45, 2.75) is 46.5 Å². The number of carbonyl (C=O) groups is 1. The molecule has 1 amide bonds. The summed E-state index contributed by atoms with van der Waals surface area (Å²) in [5.41, 5.74) is 4.23. The largest absolute Gasteiger partial charge is 0.326 e. The third-order valence-electron chi connectivity index (χ3n) is 4.75. The van der Waals surface area contributed by atoms with Crippen molar-refractivity contribution in [3.05, 3.63) is 47.3 Å². The number of imidazole rings is 1. The number of hydrogen-bond donors (Lipinski definition) is 2. The van der Waals surface area contributed by atoms with Crippen LogP contribution in [0.4, 0.5) is 5.69 Å². The van der Waals surface area contributed by atoms with Crippen LogP contribution in [0.5, 0.6) is 0 Å². The molecule has 0 bridgehead atoms. The summed E-state index contributed by atoms with van der Waals surface area (Å²) in [4.78, 5) is 23.9. The van der Waals surface area contributed by atoms with Crippen molar-refractivity contribution in [2.24, 2.45) is 5.41 Å². The summed E-state index contributed by atoms with van der Waals surface area (Å²) in [7, 11) is 0. The molecule has 6 heteroatoms. The molecule has 26 heavy (non-hydrogen) atoms. The van der Waals surface area contributed by atoms with Crippen molar-refractivity contribution in [3.8, 4) is 6.07 Å². The highest BCUT2D eigenvalue weighted by molar-refractivity contribution is 6.03. The van der Waals surface area contributed by atoms with Crippen LogP contribution in [0.1, 0.15) is 67.7 Å². The average molecular weight is 349 g/mol. The summed E-state index contributed by atoms with van der Waals surface area (Å²) in [6, 6.07) is 5.75. The Morgan fingerprint density at radius 3 is 2.85 bits per heavy atom. The van der Waals surface area contributed by atoms with Gasteiger partial charge in [0.05, 0.1) is 17.6 Å². The molecule has 2 aromatic heterocycles. The number of allylic oxidation sites excluding steroid dienone is 2. The van der Waals surface area contributed by atoms with Gasteiger partial charge in [-0.05, 0) is 48.8 Å². The Morgan fingerprint density at radius 2 is 2.23 bits per heavy atom. The van der Waals surface area contributed by atoms with Gasteiger partial charge < -0.3 is 10.3 Å². The van der Waals surface area contributed by atoms with Gasteiger partial charge in [0.25, 0.3) is 5.91 Å². The molecule has 2 N–H and O–H groups in total. The van der Waals surface area contributed by atoms with Crippen LogP contribution in [0, 0.1) is 16.7 Å². The molecule has 2 heterocycles. The molecule has 1 aliphatic carbocycles. The lowest BCUT2D eigenvalue weighted by molar-refractivity contribution is 0.101. The van der Waals surface area contributed by atoms with Crippen LogP contribution in [-0.2, 0) is 6.42 Å². The van der Waals surface area contributed by atoms with Gasteiger partial charge in [-0.2, -0.15) is 5.26 Å². The van der Waals surface area contributed by atoms with E-state index in [1.54, 1.807) is 0 Å². The van der Waals surface area contributed by atoms with Gasteiger partial charge in [0, 0.05) is 5.69 Å². The minimum Gasteiger partial charge on any atom is -0.326 e. The van der Waals surface area contributed by atoms with Crippen molar-refractivity contribution in [1.82, 2.24) is 15.0 Å². The highest BCUT2D eigenvalue weighted by Gasteiger charge is 2.24. The molecule has 0 spiro atoms. The number of pyridine rings is 1. The highest BCUT2D eigenvalue weighted by Crippen LogP contribution is 2.39. The third kappa shape index (κ3) is 3.83. The zero-order valence-electron chi connectivity index (χ0n) is 15.4. The molecule has 1 aliphatic rings. The molecule has 0 atom stereocenters. The lowest BCUT2D eigenvalue weighted by Gasteiger charge is -2.29. The van der Waals surface area contributed by atoms with Gasteiger partial charge in [-0.15, -0.1) is 0 Å². The Labute approximate surface area is 153 Å². The zero-order valence-corrected chi connectivity index (χ0v) is 15.4. The van der Waals surface area contributed by atoms with Gasteiger partial charge in [0.1, 0.15) is 11.8 Å². The summed E-state index contributed by atoms with van der Waals surface area (Å²) < 4.78 is 0. The van der Waals surface area contributed by atoms with Gasteiger partial charge >= 0.3 is 0 Å². The molecular weight excluding hydrogens is 326 g/mol. The summed E-state index contributed by atoms with van der Waals surface area (Å²) >= 11 is 0. The van der Waals surface area contributed by atoms with Crippen molar-refractivity contribution >= 4 is 17.2 Å². The molecule has 0 unspecified atom stereocenters. The number of nitriles is 1. The molecule has 0 fully saturated rings. The standard InChI is InChI=1S/C20H23N5O/c1-4-14-5-6-16(25-19(26)18-22-12-15(11-21)24-18)17(23-14)13-7-9-20(2,3)10-8-13/h5-7,12H,4,8-10H2,1-3H3,(H,22,24)(H,25,26). The van der Waals surface area contributed by atoms with E-state index in [-0.39, 0.29) is 17.4 Å². The van der Waals surface area contributed by atoms with E-state index in [9.17, 15) is 4.79 Å². The number of anilines is 1. The SMILES string of the molecule is CCc1ccc(NC(=O)c2ncc(C#N)[nH]2)c(C2=CCC(C)(C)CC2)n1. The second-order valence-electron chi connectivity index (χ2n) is 7.36. The van der Waals surface area contributed by atoms with Gasteiger partial charge in [0.2, 0.25) is 0 Å². The van der Waals surface area contributed by atoms with Crippen molar-refractivity contribution in [1.29, 1.82) is 5.26 Å². The van der Waals surface area contributed by atoms with E-state index in [4.69, 9.17) is 10.2 Å². The Balaban J connectivity index is 1.91. The maximum absolute atomic E-state index is 12.5. The summed E-state index contributed by atoms with van der Waals surface area (Å²) in [6.07, 6.45) is 7.45. The fourth-order valence-electron chi connectivity index (χ4n) is 3.01. The van der Waals surface area contributed by atoms with E-state index in [0.717, 1.165) is 37.1 Å². The molecule has 0 radical (unpaired) electrons. The number of nitrogens with one attached hydrogen (secondary N) is 2. The number of H-pyrrole nitrogens is 1. The average Bonchev–Trinajstić information content (AvgIpc) is 3.11. The van der Waals surface area contributed by atoms with Crippen molar-refractivity contribution in [2.75, 3.05) is 5.32 Å². The fourth-order valence-corrected chi connectivity index (χ4v) is 3.01. The van der Waals surface area contributed by atoms with E-state index in [2.05, 4.69) is 42.1 Å². The van der Waals surface area contributed by atoms with E-state index in [0.29, 0.717) is 11.1 Å². The summed E-state index contributed by atoms with van der Waals surface area (Å²) in [5.74, 6) is -0.263. The van der Waals surface area contributed by atoms with Gasteiger partial charge in [0.15, 0.2) is 5.82 Å². The number of carbonyl (C=O) groups excluding carboxylic acids is 1. The molecule has 134 valence electrons. The minimum absolute atomic E-state index is 0.117. The Morgan fingerprint density at radius 1 is 1.42 bits per heavy atom. The second-order valence-corrected chi connectivity index (χ2v) is 7.36. The molecule has 0 aromatic carbocycles. The van der Waals surface area contributed by atoms with Crippen molar-refractivity contribution in [3.63, 3.8) is 0 Å². The van der Waals surface area contributed by atoms with E-state index in [1.165, 1.54) is 11.8 Å². The molecular formula is C20H23N5O. The monoisotopic (exact) mass is 349 g/mol. The molecule has 0 saturated carbocycles. The maximum Gasteiger partial charge on any atom is 0.291 e. The number of aromatic amines is 1. The van der Waals surface area contributed by atoms with Crippen LogP contribution < -0.4 is 5.32 Å². The predicted molar refractivity (Wildman–Crippen MR) is 100 cm³/mol. The molecule has 2 aromatic rings. The van der Waals surface area contributed by atoms with Crippen LogP contribution in [0.25, 0.3) is 5.57 Å². The smallest absolute Gasteiger partial charge is 0.291 e. The first-order valence-corrected chi connectivity index (χ1v) is 8.87. The van der Waals surface area contributed by atoms with Crippen LogP contribution in [0.15, 0.2) is 24.4 Å².